The van der Waals surface area contributed by atoms with Crippen LogP contribution in [0.3, 0.4) is 0 Å². The van der Waals surface area contributed by atoms with Crippen molar-refractivity contribution in [2.24, 2.45) is 5.73 Å². The maximum Gasteiger partial charge on any atom is 0.227 e. The Bertz CT molecular complexity index is 737. The minimum absolute atomic E-state index is 0.0434. The number of carbonyl (C=O) groups is 1. The van der Waals surface area contributed by atoms with Crippen LogP contribution in [-0.2, 0) is 17.8 Å². The molecule has 22 heavy (non-hydrogen) atoms. The van der Waals surface area contributed by atoms with Gasteiger partial charge in [-0.15, -0.1) is 0 Å². The minimum Gasteiger partial charge on any atom is -0.504 e. The lowest BCUT2D eigenvalue weighted by molar-refractivity contribution is -0.0979. The quantitative estimate of drug-likeness (QED) is 0.513. The number of benzene rings is 1. The van der Waals surface area contributed by atoms with E-state index >= 15 is 0 Å². The number of aromatic nitrogens is 1. The summed E-state index contributed by atoms with van der Waals surface area (Å²) < 4.78 is 6.41. The molecule has 1 aromatic carbocycles. The standard InChI is InChI=1S/C13H13BrN4O2.CH2O/c14-6-1-5-2-7-10(16)8(4-15)12(17)18-13(7)20-11(5)9(19)3-6;1-2/h1,3,19H,2,4,15H2,(H4,16,17,18);1H2. The van der Waals surface area contributed by atoms with Gasteiger partial charge in [0.05, 0.1) is 0 Å². The van der Waals surface area contributed by atoms with Gasteiger partial charge in [-0.3, -0.25) is 0 Å². The van der Waals surface area contributed by atoms with Crippen molar-refractivity contribution in [1.29, 1.82) is 0 Å². The van der Waals surface area contributed by atoms with Crippen LogP contribution in [0.2, 0.25) is 0 Å². The number of phenols is 1. The number of nitrogen functional groups attached to an aromatic ring is 2. The average Bonchev–Trinajstić information content (AvgIpc) is 2.49. The third-order valence-corrected chi connectivity index (χ3v) is 3.78. The Morgan fingerprint density at radius 3 is 2.68 bits per heavy atom. The number of carbonyl (C=O) groups excluding carboxylic acids is 1. The van der Waals surface area contributed by atoms with E-state index in [1.165, 1.54) is 0 Å². The fraction of sp³-hybridized carbons (Fsp3) is 0.143. The molecule has 8 heteroatoms. The van der Waals surface area contributed by atoms with Crippen LogP contribution in [0.15, 0.2) is 16.6 Å². The number of hydrogen-bond donors (Lipinski definition) is 4. The Balaban J connectivity index is 0.000000847. The van der Waals surface area contributed by atoms with Crippen LogP contribution >= 0.6 is 15.9 Å². The summed E-state index contributed by atoms with van der Waals surface area (Å²) in [6.45, 7) is 2.22. The summed E-state index contributed by atoms with van der Waals surface area (Å²) in [6, 6.07) is 3.43. The number of pyridine rings is 1. The van der Waals surface area contributed by atoms with Crippen molar-refractivity contribution in [3.05, 3.63) is 33.3 Å². The number of nitrogens with zero attached hydrogens (tertiary/aromatic N) is 1. The van der Waals surface area contributed by atoms with Crippen LogP contribution in [0.5, 0.6) is 17.4 Å². The SMILES string of the molecule is C=O.NCc1c(N)nc2c(c1N)Cc1cc(Br)cc(O)c1O2. The van der Waals surface area contributed by atoms with Gasteiger partial charge in [-0.25, -0.2) is 0 Å². The van der Waals surface area contributed by atoms with Crippen molar-refractivity contribution < 1.29 is 14.6 Å². The smallest absolute Gasteiger partial charge is 0.227 e. The van der Waals surface area contributed by atoms with Gasteiger partial charge in [0, 0.05) is 39.8 Å². The summed E-state index contributed by atoms with van der Waals surface area (Å²) in [4.78, 5) is 12.2. The molecule has 1 aliphatic rings. The molecule has 0 atom stereocenters. The third kappa shape index (κ3) is 2.58. The molecule has 2 heterocycles. The first-order valence-corrected chi connectivity index (χ1v) is 7.05. The molecule has 0 unspecified atom stereocenters. The first kappa shape index (κ1) is 16.1. The van der Waals surface area contributed by atoms with E-state index < -0.39 is 0 Å². The lowest BCUT2D eigenvalue weighted by Gasteiger charge is -2.23. The summed E-state index contributed by atoms with van der Waals surface area (Å²) in [7, 11) is 0. The molecule has 116 valence electrons. The van der Waals surface area contributed by atoms with Crippen LogP contribution in [-0.4, -0.2) is 16.9 Å². The van der Waals surface area contributed by atoms with Gasteiger partial charge < -0.3 is 31.8 Å². The van der Waals surface area contributed by atoms with E-state index in [1.807, 2.05) is 12.9 Å². The van der Waals surface area contributed by atoms with Crippen molar-refractivity contribution in [2.75, 3.05) is 11.5 Å². The number of ether oxygens (including phenoxy) is 1. The predicted octanol–water partition coefficient (Wildman–Crippen LogP) is 1.68. The molecule has 7 N–H and O–H groups in total. The fourth-order valence-electron chi connectivity index (χ4n) is 2.32. The van der Waals surface area contributed by atoms with E-state index in [0.29, 0.717) is 29.3 Å². The summed E-state index contributed by atoms with van der Waals surface area (Å²) >= 11 is 3.34. The zero-order chi connectivity index (χ0) is 16.4. The second-order valence-corrected chi connectivity index (χ2v) is 5.48. The number of anilines is 2. The first-order valence-electron chi connectivity index (χ1n) is 6.26. The number of halogens is 1. The van der Waals surface area contributed by atoms with Crippen LogP contribution in [0, 0.1) is 0 Å². The predicted molar refractivity (Wildman–Crippen MR) is 86.8 cm³/mol. The maximum atomic E-state index is 9.94. The molecule has 0 saturated carbocycles. The van der Waals surface area contributed by atoms with E-state index in [4.69, 9.17) is 26.7 Å². The summed E-state index contributed by atoms with van der Waals surface area (Å²) in [5.74, 6) is 1.00. The highest BCUT2D eigenvalue weighted by molar-refractivity contribution is 9.10. The van der Waals surface area contributed by atoms with Crippen molar-refractivity contribution >= 4 is 34.2 Å². The molecule has 0 bridgehead atoms. The molecule has 1 aliphatic heterocycles. The van der Waals surface area contributed by atoms with Crippen molar-refractivity contribution in [3.8, 4) is 17.4 Å². The average molecular weight is 367 g/mol. The first-order chi connectivity index (χ1) is 10.5. The summed E-state index contributed by atoms with van der Waals surface area (Å²) in [5, 5.41) is 9.94. The van der Waals surface area contributed by atoms with Gasteiger partial charge in [0.2, 0.25) is 5.88 Å². The number of fused-ring (bicyclic) bond motifs is 2. The molecule has 0 radical (unpaired) electrons. The van der Waals surface area contributed by atoms with E-state index in [9.17, 15) is 5.11 Å². The molecule has 1 aromatic heterocycles. The largest absolute Gasteiger partial charge is 0.504 e. The second-order valence-electron chi connectivity index (χ2n) is 4.57. The fourth-order valence-corrected chi connectivity index (χ4v) is 2.81. The lowest BCUT2D eigenvalue weighted by Crippen LogP contribution is -2.14. The Kier molecular flexibility index (Phi) is 4.53. The summed E-state index contributed by atoms with van der Waals surface area (Å²) in [6.07, 6.45) is 0.504. The van der Waals surface area contributed by atoms with E-state index in [1.54, 1.807) is 6.07 Å². The van der Waals surface area contributed by atoms with E-state index in [0.717, 1.165) is 15.6 Å². The molecule has 2 aromatic rings. The minimum atomic E-state index is 0.0434. The van der Waals surface area contributed by atoms with Crippen LogP contribution in [0.25, 0.3) is 0 Å². The molecule has 0 amide bonds. The molecule has 0 fully saturated rings. The van der Waals surface area contributed by atoms with Gasteiger partial charge in [-0.2, -0.15) is 4.98 Å². The van der Waals surface area contributed by atoms with E-state index in [2.05, 4.69) is 20.9 Å². The van der Waals surface area contributed by atoms with E-state index in [-0.39, 0.29) is 18.1 Å². The van der Waals surface area contributed by atoms with Gasteiger partial charge in [0.1, 0.15) is 12.6 Å². The number of phenolic OH excluding ortho intramolecular Hbond substituents is 1. The number of hydrogen-bond acceptors (Lipinski definition) is 7. The number of rotatable bonds is 1. The second kappa shape index (κ2) is 6.20. The molecule has 7 nitrogen and oxygen atoms in total. The van der Waals surface area contributed by atoms with Crippen LogP contribution in [0.1, 0.15) is 16.7 Å². The van der Waals surface area contributed by atoms with Crippen molar-refractivity contribution in [1.82, 2.24) is 4.98 Å². The Morgan fingerprint density at radius 1 is 1.36 bits per heavy atom. The molecule has 0 aliphatic carbocycles. The van der Waals surface area contributed by atoms with Gasteiger partial charge in [-0.1, -0.05) is 15.9 Å². The number of aromatic hydroxyl groups is 1. The molecular formula is C14H15BrN4O3. The van der Waals surface area contributed by atoms with Gasteiger partial charge in [-0.05, 0) is 12.1 Å². The monoisotopic (exact) mass is 366 g/mol. The molecule has 0 spiro atoms. The summed E-state index contributed by atoms with van der Waals surface area (Å²) in [5.41, 5.74) is 20.2. The highest BCUT2D eigenvalue weighted by atomic mass is 79.9. The van der Waals surface area contributed by atoms with Crippen LogP contribution in [0.4, 0.5) is 11.5 Å². The molecule has 0 saturated heterocycles. The van der Waals surface area contributed by atoms with Gasteiger partial charge in [0.25, 0.3) is 0 Å². The topological polar surface area (TPSA) is 137 Å². The Labute approximate surface area is 135 Å². The molecule has 3 rings (SSSR count). The maximum absolute atomic E-state index is 9.94. The van der Waals surface area contributed by atoms with Crippen LogP contribution < -0.4 is 21.9 Å². The van der Waals surface area contributed by atoms with Crippen molar-refractivity contribution in [2.45, 2.75) is 13.0 Å². The van der Waals surface area contributed by atoms with Gasteiger partial charge in [0.15, 0.2) is 11.5 Å². The third-order valence-electron chi connectivity index (χ3n) is 3.32. The van der Waals surface area contributed by atoms with Gasteiger partial charge >= 0.3 is 0 Å². The number of nitrogens with two attached hydrogens (primary N) is 3. The normalized spacial score (nSPS) is 11.5. The molecular weight excluding hydrogens is 352 g/mol. The van der Waals surface area contributed by atoms with Crippen molar-refractivity contribution in [3.63, 3.8) is 0 Å². The Hall–Kier alpha value is -2.32. The Morgan fingerprint density at radius 2 is 2.05 bits per heavy atom. The highest BCUT2D eigenvalue weighted by Crippen LogP contribution is 2.45. The lowest BCUT2D eigenvalue weighted by atomic mass is 9.98. The zero-order valence-electron chi connectivity index (χ0n) is 11.6. The zero-order valence-corrected chi connectivity index (χ0v) is 13.2. The highest BCUT2D eigenvalue weighted by Gasteiger charge is 2.26.